The summed E-state index contributed by atoms with van der Waals surface area (Å²) in [5, 5.41) is 8.07. The summed E-state index contributed by atoms with van der Waals surface area (Å²) >= 11 is 2.08. The second-order valence-electron chi connectivity index (χ2n) is 13.1. The monoisotopic (exact) mass is 636 g/mol. The topological polar surface area (TPSA) is 108 Å². The van der Waals surface area contributed by atoms with Crippen molar-refractivity contribution in [1.29, 1.82) is 0 Å². The number of carbonyl (C=O) groups is 4. The maximum atomic E-state index is 13.8. The van der Waals surface area contributed by atoms with Gasteiger partial charge in [0.2, 0.25) is 18.2 Å². The van der Waals surface area contributed by atoms with E-state index in [1.165, 1.54) is 12.7 Å². The van der Waals surface area contributed by atoms with Crippen LogP contribution in [0.1, 0.15) is 83.6 Å². The molecule has 0 saturated carbocycles. The number of thioether (sulfide) groups is 1. The lowest BCUT2D eigenvalue weighted by molar-refractivity contribution is -0.134. The van der Waals surface area contributed by atoms with E-state index in [0.717, 1.165) is 74.2 Å². The van der Waals surface area contributed by atoms with Crippen molar-refractivity contribution in [3.63, 3.8) is 0 Å². The molecule has 3 saturated heterocycles. The third-order valence-electron chi connectivity index (χ3n) is 9.85. The average Bonchev–Trinajstić information content (AvgIpc) is 3.53. The molecule has 244 valence electrons. The van der Waals surface area contributed by atoms with Crippen molar-refractivity contribution < 1.29 is 23.9 Å². The molecule has 4 amide bonds. The van der Waals surface area contributed by atoms with Crippen molar-refractivity contribution in [2.75, 3.05) is 38.6 Å². The molecule has 45 heavy (non-hydrogen) atoms. The first-order valence-electron chi connectivity index (χ1n) is 16.6. The van der Waals surface area contributed by atoms with Crippen molar-refractivity contribution in [1.82, 2.24) is 15.1 Å². The molecular weight excluding hydrogens is 588 g/mol. The molecule has 3 aliphatic rings. The molecule has 0 aliphatic carbocycles. The van der Waals surface area contributed by atoms with Crippen molar-refractivity contribution in [2.45, 2.75) is 93.6 Å². The van der Waals surface area contributed by atoms with Crippen molar-refractivity contribution >= 4 is 52.5 Å². The van der Waals surface area contributed by atoms with Gasteiger partial charge in [-0.3, -0.25) is 14.4 Å². The van der Waals surface area contributed by atoms with E-state index in [2.05, 4.69) is 53.6 Å². The van der Waals surface area contributed by atoms with Gasteiger partial charge in [0.25, 0.3) is 0 Å². The minimum Gasteiger partial charge on any atom is -0.453 e. The van der Waals surface area contributed by atoms with Gasteiger partial charge in [-0.05, 0) is 79.5 Å². The normalized spacial score (nSPS) is 25.0. The van der Waals surface area contributed by atoms with Gasteiger partial charge in [-0.25, -0.2) is 4.79 Å². The molecule has 3 heterocycles. The molecule has 2 atom stereocenters. The van der Waals surface area contributed by atoms with Crippen LogP contribution in [0, 0.1) is 5.92 Å². The zero-order valence-corrected chi connectivity index (χ0v) is 27.8. The summed E-state index contributed by atoms with van der Waals surface area (Å²) in [6, 6.07) is 12.3. The van der Waals surface area contributed by atoms with Gasteiger partial charge < -0.3 is 25.2 Å². The number of hydrogen-bond donors (Lipinski definition) is 2. The maximum absolute atomic E-state index is 13.8. The Balaban J connectivity index is 1.32. The Kier molecular flexibility index (Phi) is 10.6. The quantitative estimate of drug-likeness (QED) is 0.275. The van der Waals surface area contributed by atoms with E-state index in [0.29, 0.717) is 39.0 Å². The van der Waals surface area contributed by atoms with Crippen LogP contribution >= 0.6 is 11.8 Å². The lowest BCUT2D eigenvalue weighted by Crippen LogP contribution is -2.55. The standard InChI is InChI=1S/C35H48N4O5S/c1-4-8-30(37-33(43)44-3)32(42)39(18-5-2)23-34-14-6-16-35(45-34,17-7-15-34)28-11-9-26-21-29(12-10-25(26)20-28)36-31(41)27-13-19-38(22-27)24-40/h9-12,20-21,24,27,30H,4-8,13-19,22-23H2,1-3H3,(H,36,41)(H,37,43). The van der Waals surface area contributed by atoms with Crippen LogP contribution in [0.15, 0.2) is 36.4 Å². The molecule has 0 spiro atoms. The fraction of sp³-hybridized carbons (Fsp3) is 0.600. The van der Waals surface area contributed by atoms with Gasteiger partial charge in [0.1, 0.15) is 6.04 Å². The largest absolute Gasteiger partial charge is 0.453 e. The van der Waals surface area contributed by atoms with Gasteiger partial charge in [0, 0.05) is 41.4 Å². The number of ether oxygens (including phenoxy) is 1. The molecule has 2 bridgehead atoms. The molecule has 2 N–H and O–H groups in total. The van der Waals surface area contributed by atoms with E-state index in [-0.39, 0.29) is 27.2 Å². The number of hydrogen-bond acceptors (Lipinski definition) is 6. The van der Waals surface area contributed by atoms with Gasteiger partial charge in [-0.1, -0.05) is 51.3 Å². The number of rotatable bonds is 12. The molecule has 9 nitrogen and oxygen atoms in total. The van der Waals surface area contributed by atoms with Gasteiger partial charge in [0.05, 0.1) is 13.0 Å². The van der Waals surface area contributed by atoms with Crippen LogP contribution in [0.25, 0.3) is 10.8 Å². The third kappa shape index (κ3) is 7.42. The van der Waals surface area contributed by atoms with E-state index < -0.39 is 12.1 Å². The minimum absolute atomic E-state index is 0.00146. The minimum atomic E-state index is -0.577. The van der Waals surface area contributed by atoms with Crippen LogP contribution < -0.4 is 10.6 Å². The number of methoxy groups -OCH3 is 1. The number of likely N-dealkylation sites (tertiary alicyclic amines) is 1. The van der Waals surface area contributed by atoms with Crippen LogP contribution in [-0.4, -0.2) is 78.2 Å². The van der Waals surface area contributed by atoms with Crippen LogP contribution in [0.3, 0.4) is 0 Å². The van der Waals surface area contributed by atoms with Crippen LogP contribution in [0.4, 0.5) is 10.5 Å². The highest BCUT2D eigenvalue weighted by Crippen LogP contribution is 2.61. The lowest BCUT2D eigenvalue weighted by Gasteiger charge is -2.53. The van der Waals surface area contributed by atoms with Gasteiger partial charge in [-0.15, -0.1) is 11.8 Å². The van der Waals surface area contributed by atoms with Gasteiger partial charge >= 0.3 is 6.09 Å². The molecule has 10 heteroatoms. The second kappa shape index (κ2) is 14.4. The highest BCUT2D eigenvalue weighted by atomic mass is 32.2. The van der Waals surface area contributed by atoms with Crippen LogP contribution in [0.5, 0.6) is 0 Å². The number of nitrogens with zero attached hydrogens (tertiary/aromatic N) is 2. The highest BCUT2D eigenvalue weighted by Gasteiger charge is 2.50. The second-order valence-corrected chi connectivity index (χ2v) is 14.9. The number of anilines is 1. The number of nitrogens with one attached hydrogen (secondary N) is 2. The molecule has 0 aromatic heterocycles. The average molecular weight is 637 g/mol. The van der Waals surface area contributed by atoms with Crippen LogP contribution in [-0.2, 0) is 23.9 Å². The Morgan fingerprint density at radius 2 is 1.80 bits per heavy atom. The van der Waals surface area contributed by atoms with E-state index in [4.69, 9.17) is 4.74 Å². The summed E-state index contributed by atoms with van der Waals surface area (Å²) in [5.74, 6) is -0.222. The SMILES string of the molecule is CCCC(NC(=O)OC)C(=O)N(CCC)CC12CCCC(c3ccc4cc(NC(=O)C5CCN(C=O)C5)ccc4c3)(CCC1)S2. The Morgan fingerprint density at radius 1 is 1.07 bits per heavy atom. The molecule has 2 aromatic carbocycles. The summed E-state index contributed by atoms with van der Waals surface area (Å²) in [5.41, 5.74) is 2.11. The number of fused-ring (bicyclic) bond motifs is 3. The van der Waals surface area contributed by atoms with Crippen molar-refractivity contribution in [3.05, 3.63) is 42.0 Å². The fourth-order valence-corrected chi connectivity index (χ4v) is 9.88. The maximum Gasteiger partial charge on any atom is 0.407 e. The highest BCUT2D eigenvalue weighted by molar-refractivity contribution is 8.01. The first-order valence-corrected chi connectivity index (χ1v) is 17.4. The fourth-order valence-electron chi connectivity index (χ4n) is 7.60. The van der Waals surface area contributed by atoms with E-state index in [1.54, 1.807) is 4.90 Å². The zero-order valence-electron chi connectivity index (χ0n) is 26.9. The summed E-state index contributed by atoms with van der Waals surface area (Å²) in [7, 11) is 1.33. The smallest absolute Gasteiger partial charge is 0.407 e. The number of amides is 4. The molecule has 2 aromatic rings. The van der Waals surface area contributed by atoms with Gasteiger partial charge in [-0.2, -0.15) is 0 Å². The Labute approximate surface area is 271 Å². The summed E-state index contributed by atoms with van der Waals surface area (Å²) in [4.78, 5) is 53.4. The summed E-state index contributed by atoms with van der Waals surface area (Å²) in [6.07, 6.45) is 9.80. The zero-order chi connectivity index (χ0) is 32.0. The Bertz CT molecular complexity index is 1390. The van der Waals surface area contributed by atoms with E-state index >= 15 is 0 Å². The number of alkyl carbamates (subject to hydrolysis) is 1. The van der Waals surface area contributed by atoms with Crippen molar-refractivity contribution in [2.24, 2.45) is 5.92 Å². The molecule has 5 rings (SSSR count). The molecular formula is C35H48N4O5S. The molecule has 0 radical (unpaired) electrons. The Morgan fingerprint density at radius 3 is 2.47 bits per heavy atom. The number of carbonyl (C=O) groups excluding carboxylic acids is 4. The first kappa shape index (κ1) is 33.1. The Hall–Kier alpha value is -3.27. The summed E-state index contributed by atoms with van der Waals surface area (Å²) < 4.78 is 4.80. The van der Waals surface area contributed by atoms with Crippen LogP contribution in [0.2, 0.25) is 0 Å². The lowest BCUT2D eigenvalue weighted by atomic mass is 9.79. The first-order chi connectivity index (χ1) is 21.7. The van der Waals surface area contributed by atoms with Gasteiger partial charge in [0.15, 0.2) is 0 Å². The van der Waals surface area contributed by atoms with E-state index in [1.807, 2.05) is 24.0 Å². The number of benzene rings is 2. The predicted octanol–water partition coefficient (Wildman–Crippen LogP) is 6.06. The van der Waals surface area contributed by atoms with E-state index in [9.17, 15) is 19.2 Å². The molecule has 3 fully saturated rings. The van der Waals surface area contributed by atoms with Crippen molar-refractivity contribution in [3.8, 4) is 0 Å². The molecule has 3 aliphatic heterocycles. The predicted molar refractivity (Wildman–Crippen MR) is 179 cm³/mol. The third-order valence-corrected chi connectivity index (χ3v) is 11.9. The summed E-state index contributed by atoms with van der Waals surface area (Å²) in [6.45, 7) is 6.58. The molecule has 2 unspecified atom stereocenters.